The van der Waals surface area contributed by atoms with Crippen LogP contribution in [0.15, 0.2) is 0 Å². The average Bonchev–Trinajstić information content (AvgIpc) is 2.95. The highest BCUT2D eigenvalue weighted by molar-refractivity contribution is 5.76. The molecule has 0 saturated heterocycles. The predicted molar refractivity (Wildman–Crippen MR) is 57.5 cm³/mol. The summed E-state index contributed by atoms with van der Waals surface area (Å²) in [6, 6.07) is 0.661. The van der Waals surface area contributed by atoms with Gasteiger partial charge in [0.1, 0.15) is 0 Å². The van der Waals surface area contributed by atoms with Gasteiger partial charge in [-0.05, 0) is 32.1 Å². The van der Waals surface area contributed by atoms with Gasteiger partial charge in [0.25, 0.3) is 0 Å². The molecule has 4 nitrogen and oxygen atoms in total. The predicted octanol–water partition coefficient (Wildman–Crippen LogP) is 0.160. The van der Waals surface area contributed by atoms with Crippen molar-refractivity contribution in [3.05, 3.63) is 0 Å². The smallest absolute Gasteiger partial charge is 0.221 e. The zero-order chi connectivity index (χ0) is 10.7. The van der Waals surface area contributed by atoms with Crippen LogP contribution < -0.4 is 10.6 Å². The Kier molecular flexibility index (Phi) is 3.26. The topological polar surface area (TPSA) is 61.4 Å². The molecule has 2 saturated carbocycles. The van der Waals surface area contributed by atoms with E-state index in [4.69, 9.17) is 0 Å². The number of nitrogens with one attached hydrogen (secondary N) is 2. The maximum absolute atomic E-state index is 11.4. The summed E-state index contributed by atoms with van der Waals surface area (Å²) < 4.78 is 0. The minimum Gasteiger partial charge on any atom is -0.388 e. The highest BCUT2D eigenvalue weighted by Crippen LogP contribution is 2.30. The Morgan fingerprint density at radius 2 is 2.13 bits per heavy atom. The SMILES string of the molecule is O=C(CCNC1CC1)NCC1(O)CCC1. The molecule has 0 heterocycles. The molecule has 2 aliphatic rings. The molecule has 0 atom stereocenters. The monoisotopic (exact) mass is 212 g/mol. The van der Waals surface area contributed by atoms with Crippen molar-refractivity contribution in [1.82, 2.24) is 10.6 Å². The molecule has 2 fully saturated rings. The van der Waals surface area contributed by atoms with E-state index in [2.05, 4.69) is 10.6 Å². The first kappa shape index (κ1) is 10.9. The molecule has 0 bridgehead atoms. The lowest BCUT2D eigenvalue weighted by molar-refractivity contribution is -0.123. The van der Waals surface area contributed by atoms with Crippen molar-refractivity contribution in [2.45, 2.75) is 50.2 Å². The molecule has 0 aromatic heterocycles. The quantitative estimate of drug-likeness (QED) is 0.588. The molecule has 0 aliphatic heterocycles. The third-order valence-electron chi connectivity index (χ3n) is 3.26. The fourth-order valence-corrected chi connectivity index (χ4v) is 1.79. The van der Waals surface area contributed by atoms with E-state index in [-0.39, 0.29) is 5.91 Å². The van der Waals surface area contributed by atoms with Gasteiger partial charge < -0.3 is 15.7 Å². The molecule has 15 heavy (non-hydrogen) atoms. The van der Waals surface area contributed by atoms with Gasteiger partial charge in [0.05, 0.1) is 5.60 Å². The van der Waals surface area contributed by atoms with Crippen LogP contribution in [0.25, 0.3) is 0 Å². The molecule has 86 valence electrons. The summed E-state index contributed by atoms with van der Waals surface area (Å²) in [5, 5.41) is 15.8. The standard InChI is InChI=1S/C11H20N2O2/c14-10(4-7-12-9-2-3-9)13-8-11(15)5-1-6-11/h9,12,15H,1-8H2,(H,13,14). The number of carbonyl (C=O) groups is 1. The number of rotatable bonds is 6. The number of hydrogen-bond donors (Lipinski definition) is 3. The number of hydrogen-bond acceptors (Lipinski definition) is 3. The highest BCUT2D eigenvalue weighted by atomic mass is 16.3. The summed E-state index contributed by atoms with van der Waals surface area (Å²) in [5.74, 6) is 0.0449. The summed E-state index contributed by atoms with van der Waals surface area (Å²) in [5.41, 5.74) is -0.598. The van der Waals surface area contributed by atoms with E-state index in [0.717, 1.165) is 25.8 Å². The van der Waals surface area contributed by atoms with Crippen molar-refractivity contribution in [3.8, 4) is 0 Å². The van der Waals surface area contributed by atoms with Crippen molar-refractivity contribution in [2.75, 3.05) is 13.1 Å². The Bertz CT molecular complexity index is 235. The van der Waals surface area contributed by atoms with E-state index in [1.165, 1.54) is 12.8 Å². The Morgan fingerprint density at radius 1 is 1.40 bits per heavy atom. The maximum atomic E-state index is 11.4. The fourth-order valence-electron chi connectivity index (χ4n) is 1.79. The molecular weight excluding hydrogens is 192 g/mol. The van der Waals surface area contributed by atoms with Crippen LogP contribution in [0.5, 0.6) is 0 Å². The Morgan fingerprint density at radius 3 is 2.67 bits per heavy atom. The summed E-state index contributed by atoms with van der Waals surface area (Å²) in [6.45, 7) is 1.18. The number of carbonyl (C=O) groups excluding carboxylic acids is 1. The summed E-state index contributed by atoms with van der Waals surface area (Å²) in [4.78, 5) is 11.4. The van der Waals surface area contributed by atoms with Gasteiger partial charge in [-0.2, -0.15) is 0 Å². The van der Waals surface area contributed by atoms with Crippen molar-refractivity contribution >= 4 is 5.91 Å². The van der Waals surface area contributed by atoms with Gasteiger partial charge in [-0.3, -0.25) is 4.79 Å². The van der Waals surface area contributed by atoms with Crippen LogP contribution in [0.4, 0.5) is 0 Å². The van der Waals surface area contributed by atoms with E-state index in [9.17, 15) is 9.90 Å². The molecule has 0 unspecified atom stereocenters. The molecule has 2 rings (SSSR count). The van der Waals surface area contributed by atoms with Crippen LogP contribution in [0, 0.1) is 0 Å². The van der Waals surface area contributed by atoms with Crippen molar-refractivity contribution in [2.24, 2.45) is 0 Å². The summed E-state index contributed by atoms with van der Waals surface area (Å²) in [7, 11) is 0. The lowest BCUT2D eigenvalue weighted by Crippen LogP contribution is -2.48. The van der Waals surface area contributed by atoms with Gasteiger partial charge in [-0.1, -0.05) is 0 Å². The first-order chi connectivity index (χ1) is 7.18. The largest absolute Gasteiger partial charge is 0.388 e. The molecule has 0 spiro atoms. The second-order valence-electron chi connectivity index (χ2n) is 4.83. The molecule has 1 amide bonds. The van der Waals surface area contributed by atoms with E-state index in [0.29, 0.717) is 19.0 Å². The second-order valence-corrected chi connectivity index (χ2v) is 4.83. The zero-order valence-corrected chi connectivity index (χ0v) is 9.09. The van der Waals surface area contributed by atoms with Gasteiger partial charge >= 0.3 is 0 Å². The van der Waals surface area contributed by atoms with Gasteiger partial charge in [0.2, 0.25) is 5.91 Å². The Balaban J connectivity index is 1.51. The number of amides is 1. The van der Waals surface area contributed by atoms with Crippen LogP contribution in [0.2, 0.25) is 0 Å². The number of aliphatic hydroxyl groups is 1. The van der Waals surface area contributed by atoms with E-state index >= 15 is 0 Å². The molecule has 0 aromatic rings. The van der Waals surface area contributed by atoms with Crippen LogP contribution in [-0.2, 0) is 4.79 Å². The Hall–Kier alpha value is -0.610. The third kappa shape index (κ3) is 3.47. The molecule has 2 aliphatic carbocycles. The van der Waals surface area contributed by atoms with E-state index < -0.39 is 5.60 Å². The molecule has 3 N–H and O–H groups in total. The average molecular weight is 212 g/mol. The highest BCUT2D eigenvalue weighted by Gasteiger charge is 2.34. The van der Waals surface area contributed by atoms with E-state index in [1.807, 2.05) is 0 Å². The first-order valence-corrected chi connectivity index (χ1v) is 5.90. The lowest BCUT2D eigenvalue weighted by Gasteiger charge is -2.36. The van der Waals surface area contributed by atoms with Crippen LogP contribution >= 0.6 is 0 Å². The molecule has 0 radical (unpaired) electrons. The van der Waals surface area contributed by atoms with Crippen molar-refractivity contribution in [3.63, 3.8) is 0 Å². The van der Waals surface area contributed by atoms with Crippen molar-refractivity contribution < 1.29 is 9.90 Å². The lowest BCUT2D eigenvalue weighted by atomic mass is 9.80. The van der Waals surface area contributed by atoms with Gasteiger partial charge in [0.15, 0.2) is 0 Å². The molecular formula is C11H20N2O2. The van der Waals surface area contributed by atoms with E-state index in [1.54, 1.807) is 0 Å². The van der Waals surface area contributed by atoms with Gasteiger partial charge in [0, 0.05) is 25.6 Å². The Labute approximate surface area is 90.4 Å². The van der Waals surface area contributed by atoms with Crippen LogP contribution in [0.3, 0.4) is 0 Å². The fraction of sp³-hybridized carbons (Fsp3) is 0.909. The summed E-state index contributed by atoms with van der Waals surface area (Å²) in [6.07, 6.45) is 5.76. The summed E-state index contributed by atoms with van der Waals surface area (Å²) >= 11 is 0. The second kappa shape index (κ2) is 4.49. The minimum atomic E-state index is -0.598. The normalized spacial score (nSPS) is 23.3. The van der Waals surface area contributed by atoms with Crippen LogP contribution in [-0.4, -0.2) is 35.7 Å². The minimum absolute atomic E-state index is 0.0449. The zero-order valence-electron chi connectivity index (χ0n) is 9.09. The first-order valence-electron chi connectivity index (χ1n) is 5.90. The molecule has 4 heteroatoms. The molecule has 0 aromatic carbocycles. The van der Waals surface area contributed by atoms with Crippen LogP contribution in [0.1, 0.15) is 38.5 Å². The van der Waals surface area contributed by atoms with Gasteiger partial charge in [-0.15, -0.1) is 0 Å². The van der Waals surface area contributed by atoms with Gasteiger partial charge in [-0.25, -0.2) is 0 Å². The van der Waals surface area contributed by atoms with Crippen molar-refractivity contribution in [1.29, 1.82) is 0 Å². The third-order valence-corrected chi connectivity index (χ3v) is 3.26. The maximum Gasteiger partial charge on any atom is 0.221 e.